The van der Waals surface area contributed by atoms with E-state index in [1.54, 1.807) is 13.2 Å². The highest BCUT2D eigenvalue weighted by Gasteiger charge is 2.39. The van der Waals surface area contributed by atoms with E-state index in [2.05, 4.69) is 18.0 Å². The van der Waals surface area contributed by atoms with Gasteiger partial charge in [0, 0.05) is 23.7 Å². The van der Waals surface area contributed by atoms with Gasteiger partial charge in [0.2, 0.25) is 6.79 Å². The lowest BCUT2D eigenvalue weighted by Crippen LogP contribution is -2.35. The van der Waals surface area contributed by atoms with E-state index in [0.29, 0.717) is 5.75 Å². The second kappa shape index (κ2) is 4.80. The molecule has 1 aliphatic carbocycles. The summed E-state index contributed by atoms with van der Waals surface area (Å²) in [5, 5.41) is 10.2. The fourth-order valence-corrected chi connectivity index (χ4v) is 4.37. The van der Waals surface area contributed by atoms with Crippen molar-refractivity contribution in [1.82, 2.24) is 4.90 Å². The van der Waals surface area contributed by atoms with Crippen LogP contribution in [0.25, 0.3) is 11.1 Å². The molecule has 2 aromatic carbocycles. The maximum Gasteiger partial charge on any atom is 0.231 e. The molecule has 0 saturated carbocycles. The van der Waals surface area contributed by atoms with Crippen molar-refractivity contribution in [1.29, 1.82) is 0 Å². The number of phenols is 1. The van der Waals surface area contributed by atoms with E-state index in [4.69, 9.17) is 14.2 Å². The number of rotatable bonds is 1. The first-order valence-electron chi connectivity index (χ1n) is 8.24. The van der Waals surface area contributed by atoms with Crippen molar-refractivity contribution in [3.8, 4) is 34.1 Å². The van der Waals surface area contributed by atoms with Crippen molar-refractivity contribution in [2.45, 2.75) is 18.9 Å². The average Bonchev–Trinajstić information content (AvgIpc) is 3.05. The number of likely N-dealkylation sites (N-methyl/N-ethyl adjacent to an activating group) is 1. The predicted molar refractivity (Wildman–Crippen MR) is 89.0 cm³/mol. The molecule has 0 radical (unpaired) electrons. The van der Waals surface area contributed by atoms with Gasteiger partial charge in [-0.25, -0.2) is 0 Å². The highest BCUT2D eigenvalue weighted by molar-refractivity contribution is 5.85. The minimum atomic E-state index is 0.183. The Morgan fingerprint density at radius 3 is 3.00 bits per heavy atom. The van der Waals surface area contributed by atoms with Crippen molar-refractivity contribution in [3.05, 3.63) is 34.9 Å². The first-order chi connectivity index (χ1) is 11.7. The fourth-order valence-electron chi connectivity index (χ4n) is 4.37. The molecule has 24 heavy (non-hydrogen) atoms. The molecule has 5 heteroatoms. The molecule has 3 aliphatic rings. The van der Waals surface area contributed by atoms with Crippen molar-refractivity contribution in [2.75, 3.05) is 27.5 Å². The summed E-state index contributed by atoms with van der Waals surface area (Å²) in [5.74, 6) is 2.40. The van der Waals surface area contributed by atoms with E-state index >= 15 is 0 Å². The maximum atomic E-state index is 10.2. The Balaban J connectivity index is 1.88. The number of ether oxygens (including phenoxy) is 3. The summed E-state index contributed by atoms with van der Waals surface area (Å²) in [6.07, 6.45) is 1.83. The van der Waals surface area contributed by atoms with Crippen LogP contribution in [0.1, 0.15) is 22.7 Å². The van der Waals surface area contributed by atoms with Gasteiger partial charge in [0.05, 0.1) is 7.11 Å². The molecule has 0 fully saturated rings. The molecule has 5 rings (SSSR count). The molecule has 124 valence electrons. The zero-order valence-electron chi connectivity index (χ0n) is 13.8. The second-order valence-corrected chi connectivity index (χ2v) is 6.65. The number of fused-ring (bicyclic) bond motifs is 4. The fraction of sp³-hybridized carbons (Fsp3) is 0.368. The summed E-state index contributed by atoms with van der Waals surface area (Å²) in [6.45, 7) is 1.27. The van der Waals surface area contributed by atoms with Gasteiger partial charge in [-0.05, 0) is 54.8 Å². The average molecular weight is 325 g/mol. The van der Waals surface area contributed by atoms with Gasteiger partial charge in [-0.15, -0.1) is 0 Å². The van der Waals surface area contributed by atoms with Crippen LogP contribution in [0.2, 0.25) is 0 Å². The molecular weight excluding hydrogens is 306 g/mol. The third-order valence-corrected chi connectivity index (χ3v) is 5.50. The Morgan fingerprint density at radius 1 is 1.29 bits per heavy atom. The van der Waals surface area contributed by atoms with Crippen LogP contribution in [0.5, 0.6) is 23.0 Å². The molecule has 0 amide bonds. The van der Waals surface area contributed by atoms with Gasteiger partial charge in [-0.3, -0.25) is 4.90 Å². The summed E-state index contributed by atoms with van der Waals surface area (Å²) in [4.78, 5) is 2.38. The van der Waals surface area contributed by atoms with Crippen molar-refractivity contribution >= 4 is 0 Å². The van der Waals surface area contributed by atoms with Crippen LogP contribution >= 0.6 is 0 Å². The van der Waals surface area contributed by atoms with Crippen molar-refractivity contribution < 1.29 is 19.3 Å². The van der Waals surface area contributed by atoms with Gasteiger partial charge in [-0.1, -0.05) is 0 Å². The number of aromatic hydroxyl groups is 1. The molecule has 1 unspecified atom stereocenters. The normalized spacial score (nSPS) is 20.5. The van der Waals surface area contributed by atoms with Gasteiger partial charge >= 0.3 is 0 Å². The van der Waals surface area contributed by atoms with Crippen LogP contribution in [0, 0.1) is 0 Å². The number of phenolic OH excluding ortho intramolecular Hbond substituents is 1. The second-order valence-electron chi connectivity index (χ2n) is 6.65. The lowest BCUT2D eigenvalue weighted by atomic mass is 9.76. The number of nitrogens with zero attached hydrogens (tertiary/aromatic N) is 1. The molecule has 5 nitrogen and oxygen atoms in total. The number of hydrogen-bond donors (Lipinski definition) is 1. The predicted octanol–water partition coefficient (Wildman–Crippen LogP) is 2.88. The van der Waals surface area contributed by atoms with Crippen LogP contribution in [-0.2, 0) is 12.8 Å². The molecule has 0 bridgehead atoms. The smallest absolute Gasteiger partial charge is 0.231 e. The zero-order valence-corrected chi connectivity index (χ0v) is 13.8. The first-order valence-corrected chi connectivity index (χ1v) is 8.24. The number of benzene rings is 2. The molecule has 0 spiro atoms. The monoisotopic (exact) mass is 325 g/mol. The summed E-state index contributed by atoms with van der Waals surface area (Å²) in [7, 11) is 3.76. The van der Waals surface area contributed by atoms with Crippen molar-refractivity contribution in [2.24, 2.45) is 0 Å². The summed E-state index contributed by atoms with van der Waals surface area (Å²) in [5.41, 5.74) is 5.91. The van der Waals surface area contributed by atoms with Crippen LogP contribution in [0.15, 0.2) is 18.2 Å². The van der Waals surface area contributed by atoms with Gasteiger partial charge < -0.3 is 19.3 Å². The van der Waals surface area contributed by atoms with Gasteiger partial charge in [0.15, 0.2) is 23.0 Å². The van der Waals surface area contributed by atoms with Crippen LogP contribution in [0.4, 0.5) is 0 Å². The molecule has 1 N–H and O–H groups in total. The standard InChI is InChI=1S/C19H19NO4/c1-20-6-5-10-7-15-19(24-9-23-15)17-11-3-4-14(21)18(22-2)12(11)8-13(20)16(10)17/h3-4,7,13,21H,5-6,8-9H2,1-2H3. The van der Waals surface area contributed by atoms with E-state index in [1.807, 2.05) is 6.07 Å². The Morgan fingerprint density at radius 2 is 2.17 bits per heavy atom. The highest BCUT2D eigenvalue weighted by atomic mass is 16.7. The minimum Gasteiger partial charge on any atom is -0.504 e. The van der Waals surface area contributed by atoms with E-state index < -0.39 is 0 Å². The maximum absolute atomic E-state index is 10.2. The minimum absolute atomic E-state index is 0.183. The zero-order chi connectivity index (χ0) is 16.4. The number of hydrogen-bond acceptors (Lipinski definition) is 5. The van der Waals surface area contributed by atoms with Crippen LogP contribution in [0.3, 0.4) is 0 Å². The van der Waals surface area contributed by atoms with E-state index in [9.17, 15) is 5.11 Å². The molecule has 2 heterocycles. The van der Waals surface area contributed by atoms with Gasteiger partial charge in [0.1, 0.15) is 0 Å². The summed E-state index contributed by atoms with van der Waals surface area (Å²) in [6, 6.07) is 6.08. The molecule has 2 aliphatic heterocycles. The SMILES string of the molecule is COc1c(O)ccc2c1CC1c3c(cc4c(c3-2)OCO4)CCN1C. The third-order valence-electron chi connectivity index (χ3n) is 5.50. The third kappa shape index (κ3) is 1.68. The molecule has 0 saturated heterocycles. The van der Waals surface area contributed by atoms with E-state index in [0.717, 1.165) is 47.6 Å². The lowest BCUT2D eigenvalue weighted by molar-refractivity contribution is 0.174. The summed E-state index contributed by atoms with van der Waals surface area (Å²) >= 11 is 0. The van der Waals surface area contributed by atoms with Gasteiger partial charge in [0.25, 0.3) is 0 Å². The van der Waals surface area contributed by atoms with Crippen LogP contribution < -0.4 is 14.2 Å². The Bertz CT molecular complexity index is 861. The lowest BCUT2D eigenvalue weighted by Gasteiger charge is -2.40. The highest BCUT2D eigenvalue weighted by Crippen LogP contribution is 2.55. The van der Waals surface area contributed by atoms with Crippen molar-refractivity contribution in [3.63, 3.8) is 0 Å². The quantitative estimate of drug-likeness (QED) is 0.874. The van der Waals surface area contributed by atoms with E-state index in [-0.39, 0.29) is 18.6 Å². The van der Waals surface area contributed by atoms with Crippen LogP contribution in [-0.4, -0.2) is 37.5 Å². The van der Waals surface area contributed by atoms with E-state index in [1.165, 1.54) is 11.1 Å². The molecule has 2 aromatic rings. The largest absolute Gasteiger partial charge is 0.504 e. The summed E-state index contributed by atoms with van der Waals surface area (Å²) < 4.78 is 17.0. The Hall–Kier alpha value is -2.40. The van der Waals surface area contributed by atoms with Gasteiger partial charge in [-0.2, -0.15) is 0 Å². The molecular formula is C19H19NO4. The topological polar surface area (TPSA) is 51.2 Å². The Labute approximate surface area is 140 Å². The first kappa shape index (κ1) is 14.0. The molecule has 0 aromatic heterocycles. The number of methoxy groups -OCH3 is 1. The molecule has 1 atom stereocenters. The Kier molecular flexibility index (Phi) is 2.80.